The first kappa shape index (κ1) is 16.8. The molecule has 0 radical (unpaired) electrons. The molecule has 0 spiro atoms. The Morgan fingerprint density at radius 2 is 2.23 bits per heavy atom. The molecule has 0 bridgehead atoms. The molecule has 2 rings (SSSR count). The quantitative estimate of drug-likeness (QED) is 0.928. The predicted molar refractivity (Wildman–Crippen MR) is 74.2 cm³/mol. The Morgan fingerprint density at radius 1 is 1.50 bits per heavy atom. The first-order valence-electron chi connectivity index (χ1n) is 7.28. The van der Waals surface area contributed by atoms with Gasteiger partial charge in [0.15, 0.2) is 5.69 Å². The van der Waals surface area contributed by atoms with Crippen molar-refractivity contribution in [2.24, 2.45) is 13.0 Å². The summed E-state index contributed by atoms with van der Waals surface area (Å²) in [7, 11) is 1.37. The molecule has 124 valence electrons. The first-order valence-corrected chi connectivity index (χ1v) is 7.28. The standard InChI is InChI=1S/C14H20F3N3O2/c1-9-4-3-5-10(6-9)22-8-12(21)18-11-7-20(2)19-13(11)14(15,16)17/h7,9-10H,3-6,8H2,1-2H3,(H,18,21)/t9-,10-/m1/s1. The lowest BCUT2D eigenvalue weighted by Crippen LogP contribution is -2.27. The molecule has 1 aromatic heterocycles. The van der Waals surface area contributed by atoms with Crippen LogP contribution in [0.3, 0.4) is 0 Å². The summed E-state index contributed by atoms with van der Waals surface area (Å²) >= 11 is 0. The van der Waals surface area contributed by atoms with Crippen molar-refractivity contribution in [1.29, 1.82) is 0 Å². The lowest BCUT2D eigenvalue weighted by Gasteiger charge is -2.26. The second-order valence-corrected chi connectivity index (χ2v) is 5.82. The first-order chi connectivity index (χ1) is 10.3. The van der Waals surface area contributed by atoms with Crippen LogP contribution >= 0.6 is 0 Å². The number of amides is 1. The van der Waals surface area contributed by atoms with Crippen LogP contribution in [0.1, 0.15) is 38.3 Å². The van der Waals surface area contributed by atoms with Gasteiger partial charge in [-0.15, -0.1) is 0 Å². The minimum Gasteiger partial charge on any atom is -0.368 e. The third kappa shape index (κ3) is 4.46. The molecule has 1 amide bonds. The van der Waals surface area contributed by atoms with E-state index in [1.165, 1.54) is 7.05 Å². The highest BCUT2D eigenvalue weighted by atomic mass is 19.4. The average molecular weight is 319 g/mol. The highest BCUT2D eigenvalue weighted by molar-refractivity contribution is 5.92. The van der Waals surface area contributed by atoms with E-state index < -0.39 is 17.8 Å². The van der Waals surface area contributed by atoms with Gasteiger partial charge in [0, 0.05) is 13.2 Å². The highest BCUT2D eigenvalue weighted by Crippen LogP contribution is 2.33. The van der Waals surface area contributed by atoms with Crippen molar-refractivity contribution < 1.29 is 22.7 Å². The van der Waals surface area contributed by atoms with Gasteiger partial charge in [0.2, 0.25) is 5.91 Å². The van der Waals surface area contributed by atoms with Crippen LogP contribution in [0.5, 0.6) is 0 Å². The van der Waals surface area contributed by atoms with E-state index in [0.717, 1.165) is 36.6 Å². The van der Waals surface area contributed by atoms with Crippen LogP contribution in [0.25, 0.3) is 0 Å². The van der Waals surface area contributed by atoms with Crippen LogP contribution in [0.4, 0.5) is 18.9 Å². The Hall–Kier alpha value is -1.57. The van der Waals surface area contributed by atoms with Crippen molar-refractivity contribution >= 4 is 11.6 Å². The van der Waals surface area contributed by atoms with Crippen molar-refractivity contribution in [1.82, 2.24) is 9.78 Å². The Labute approximate surface area is 126 Å². The maximum Gasteiger partial charge on any atom is 0.437 e. The van der Waals surface area contributed by atoms with Gasteiger partial charge in [0.05, 0.1) is 11.8 Å². The molecule has 1 aliphatic rings. The van der Waals surface area contributed by atoms with E-state index in [-0.39, 0.29) is 18.4 Å². The summed E-state index contributed by atoms with van der Waals surface area (Å²) in [5, 5.41) is 5.55. The number of aromatic nitrogens is 2. The molecule has 0 saturated heterocycles. The minimum absolute atomic E-state index is 0.00508. The number of halogens is 3. The Kier molecular flexibility index (Phi) is 5.10. The number of anilines is 1. The molecular weight excluding hydrogens is 299 g/mol. The molecule has 1 aliphatic carbocycles. The molecule has 1 heterocycles. The number of ether oxygens (including phenoxy) is 1. The monoisotopic (exact) mass is 319 g/mol. The number of carbonyl (C=O) groups is 1. The zero-order valence-corrected chi connectivity index (χ0v) is 12.6. The molecule has 5 nitrogen and oxygen atoms in total. The van der Waals surface area contributed by atoms with Crippen molar-refractivity contribution in [2.75, 3.05) is 11.9 Å². The Morgan fingerprint density at radius 3 is 2.86 bits per heavy atom. The lowest BCUT2D eigenvalue weighted by atomic mass is 9.89. The summed E-state index contributed by atoms with van der Waals surface area (Å²) in [6, 6.07) is 0. The van der Waals surface area contributed by atoms with Crippen LogP contribution in [-0.4, -0.2) is 28.4 Å². The second kappa shape index (κ2) is 6.68. The molecule has 8 heteroatoms. The fraction of sp³-hybridized carbons (Fsp3) is 0.714. The van der Waals surface area contributed by atoms with Gasteiger partial charge in [-0.25, -0.2) is 0 Å². The summed E-state index contributed by atoms with van der Waals surface area (Å²) in [5.74, 6) is -0.0475. The van der Waals surface area contributed by atoms with Gasteiger partial charge in [-0.3, -0.25) is 9.48 Å². The number of rotatable bonds is 4. The molecule has 0 aromatic carbocycles. The van der Waals surface area contributed by atoms with Crippen molar-refractivity contribution in [3.05, 3.63) is 11.9 Å². The van der Waals surface area contributed by atoms with Crippen molar-refractivity contribution in [2.45, 2.75) is 44.9 Å². The van der Waals surface area contributed by atoms with E-state index in [9.17, 15) is 18.0 Å². The van der Waals surface area contributed by atoms with Gasteiger partial charge < -0.3 is 10.1 Å². The van der Waals surface area contributed by atoms with Gasteiger partial charge >= 0.3 is 6.18 Å². The molecule has 2 atom stereocenters. The van der Waals surface area contributed by atoms with Crippen LogP contribution < -0.4 is 5.32 Å². The normalized spacial score (nSPS) is 22.6. The average Bonchev–Trinajstić information content (AvgIpc) is 2.77. The zero-order valence-electron chi connectivity index (χ0n) is 12.6. The van der Waals surface area contributed by atoms with Gasteiger partial charge in [0.25, 0.3) is 0 Å². The summed E-state index contributed by atoms with van der Waals surface area (Å²) < 4.78 is 44.8. The van der Waals surface area contributed by atoms with Crippen LogP contribution in [0.15, 0.2) is 6.20 Å². The van der Waals surface area contributed by atoms with Crippen molar-refractivity contribution in [3.63, 3.8) is 0 Å². The molecule has 1 aromatic rings. The maximum atomic E-state index is 12.8. The number of aryl methyl sites for hydroxylation is 1. The summed E-state index contributed by atoms with van der Waals surface area (Å²) in [6.45, 7) is 1.88. The van der Waals surface area contributed by atoms with E-state index in [0.29, 0.717) is 5.92 Å². The van der Waals surface area contributed by atoms with Crippen LogP contribution in [0.2, 0.25) is 0 Å². The smallest absolute Gasteiger partial charge is 0.368 e. The molecule has 1 fully saturated rings. The Bertz CT molecular complexity index is 528. The van der Waals surface area contributed by atoms with Crippen LogP contribution in [-0.2, 0) is 22.8 Å². The minimum atomic E-state index is -4.61. The zero-order chi connectivity index (χ0) is 16.3. The number of hydrogen-bond donors (Lipinski definition) is 1. The summed E-state index contributed by atoms with van der Waals surface area (Å²) in [6.07, 6.45) is 0.495. The SMILES string of the molecule is C[C@@H]1CCC[C@@H](OCC(=O)Nc2cn(C)nc2C(F)(F)F)C1. The van der Waals surface area contributed by atoms with Gasteiger partial charge in [-0.1, -0.05) is 19.8 Å². The molecule has 0 aliphatic heterocycles. The number of carbonyl (C=O) groups excluding carboxylic acids is 1. The molecule has 0 unspecified atom stereocenters. The van der Waals surface area contributed by atoms with E-state index >= 15 is 0 Å². The predicted octanol–water partition coefficient (Wildman–Crippen LogP) is 2.97. The van der Waals surface area contributed by atoms with Gasteiger partial charge in [-0.05, 0) is 18.8 Å². The topological polar surface area (TPSA) is 56.1 Å². The highest BCUT2D eigenvalue weighted by Gasteiger charge is 2.37. The van der Waals surface area contributed by atoms with Crippen molar-refractivity contribution in [3.8, 4) is 0 Å². The van der Waals surface area contributed by atoms with Gasteiger partial charge in [0.1, 0.15) is 6.61 Å². The third-order valence-electron chi connectivity index (χ3n) is 3.71. The maximum absolute atomic E-state index is 12.8. The van der Waals surface area contributed by atoms with E-state index in [1.54, 1.807) is 0 Å². The fourth-order valence-corrected chi connectivity index (χ4v) is 2.70. The second-order valence-electron chi connectivity index (χ2n) is 5.82. The number of nitrogens with zero attached hydrogens (tertiary/aromatic N) is 2. The summed E-state index contributed by atoms with van der Waals surface area (Å²) in [5.41, 5.74) is -1.45. The van der Waals surface area contributed by atoms with E-state index in [2.05, 4.69) is 17.3 Å². The third-order valence-corrected chi connectivity index (χ3v) is 3.71. The largest absolute Gasteiger partial charge is 0.437 e. The molecular formula is C14H20F3N3O2. The van der Waals surface area contributed by atoms with Crippen LogP contribution in [0, 0.1) is 5.92 Å². The van der Waals surface area contributed by atoms with Gasteiger partial charge in [-0.2, -0.15) is 18.3 Å². The summed E-state index contributed by atoms with van der Waals surface area (Å²) in [4.78, 5) is 11.8. The fourth-order valence-electron chi connectivity index (χ4n) is 2.70. The number of nitrogens with one attached hydrogen (secondary N) is 1. The molecule has 1 N–H and O–H groups in total. The molecule has 1 saturated carbocycles. The lowest BCUT2D eigenvalue weighted by molar-refractivity contribution is -0.140. The Balaban J connectivity index is 1.90. The number of alkyl halides is 3. The number of hydrogen-bond acceptors (Lipinski definition) is 3. The van der Waals surface area contributed by atoms with E-state index in [1.807, 2.05) is 0 Å². The van der Waals surface area contributed by atoms with E-state index in [4.69, 9.17) is 4.74 Å². The molecule has 22 heavy (non-hydrogen) atoms.